The second kappa shape index (κ2) is 11.0. The van der Waals surface area contributed by atoms with Crippen molar-refractivity contribution in [2.45, 2.75) is 36.9 Å². The van der Waals surface area contributed by atoms with Crippen LogP contribution in [0.25, 0.3) is 6.08 Å². The van der Waals surface area contributed by atoms with Crippen LogP contribution in [0.1, 0.15) is 12.0 Å². The number of allylic oxidation sites excluding steroid dienone is 1. The second-order valence-electron chi connectivity index (χ2n) is 7.44. The molecule has 0 aromatic heterocycles. The molecule has 0 saturated carbocycles. The molecule has 1 fully saturated rings. The van der Waals surface area contributed by atoms with E-state index in [4.69, 9.17) is 4.74 Å². The van der Waals surface area contributed by atoms with Gasteiger partial charge in [-0.3, -0.25) is 4.79 Å². The SMILES string of the molecule is O=C(/C=C/c1ccc(NC(=O)Nc2ccccc2)cc1)C[C@@H]1O[C@H](CO)[C@@H](O)[C@H](O)[C@H]1O. The largest absolute Gasteiger partial charge is 0.394 e. The van der Waals surface area contributed by atoms with E-state index in [1.807, 2.05) is 18.2 Å². The van der Waals surface area contributed by atoms with Crippen molar-refractivity contribution in [2.24, 2.45) is 0 Å². The van der Waals surface area contributed by atoms with Crippen molar-refractivity contribution in [1.82, 2.24) is 0 Å². The molecular weight excluding hydrogens is 416 g/mol. The van der Waals surface area contributed by atoms with Gasteiger partial charge in [-0.1, -0.05) is 36.4 Å². The molecule has 0 bridgehead atoms. The van der Waals surface area contributed by atoms with Crippen LogP contribution in [0.15, 0.2) is 60.7 Å². The van der Waals surface area contributed by atoms with Crippen molar-refractivity contribution < 1.29 is 34.8 Å². The van der Waals surface area contributed by atoms with Crippen LogP contribution in [-0.4, -0.2) is 69.4 Å². The monoisotopic (exact) mass is 442 g/mol. The maximum Gasteiger partial charge on any atom is 0.323 e. The quantitative estimate of drug-likeness (QED) is 0.352. The topological polar surface area (TPSA) is 148 Å². The summed E-state index contributed by atoms with van der Waals surface area (Å²) in [5.41, 5.74) is 1.95. The van der Waals surface area contributed by atoms with Crippen LogP contribution in [0.3, 0.4) is 0 Å². The first-order valence-corrected chi connectivity index (χ1v) is 10.1. The van der Waals surface area contributed by atoms with Crippen LogP contribution in [-0.2, 0) is 9.53 Å². The zero-order valence-corrected chi connectivity index (χ0v) is 17.2. The number of amides is 2. The molecule has 0 unspecified atom stereocenters. The molecule has 9 nitrogen and oxygen atoms in total. The smallest absolute Gasteiger partial charge is 0.323 e. The van der Waals surface area contributed by atoms with Crippen LogP contribution in [0.2, 0.25) is 0 Å². The predicted molar refractivity (Wildman–Crippen MR) is 118 cm³/mol. The number of rotatable bonds is 7. The average Bonchev–Trinajstić information content (AvgIpc) is 2.79. The molecule has 5 atom stereocenters. The number of aliphatic hydroxyl groups excluding tert-OH is 4. The summed E-state index contributed by atoms with van der Waals surface area (Å²) in [7, 11) is 0. The van der Waals surface area contributed by atoms with Crippen LogP contribution < -0.4 is 10.6 Å². The highest BCUT2D eigenvalue weighted by molar-refractivity contribution is 5.99. The summed E-state index contributed by atoms with van der Waals surface area (Å²) in [6.45, 7) is -0.546. The van der Waals surface area contributed by atoms with Gasteiger partial charge in [-0.2, -0.15) is 0 Å². The van der Waals surface area contributed by atoms with Gasteiger partial charge in [0.25, 0.3) is 0 Å². The van der Waals surface area contributed by atoms with E-state index in [1.54, 1.807) is 42.5 Å². The van der Waals surface area contributed by atoms with E-state index < -0.39 is 37.1 Å². The molecule has 3 rings (SSSR count). The number of nitrogens with one attached hydrogen (secondary N) is 2. The van der Waals surface area contributed by atoms with Crippen molar-refractivity contribution in [2.75, 3.05) is 17.2 Å². The van der Waals surface area contributed by atoms with Crippen molar-refractivity contribution in [3.05, 3.63) is 66.2 Å². The van der Waals surface area contributed by atoms with E-state index in [-0.39, 0.29) is 18.2 Å². The third-order valence-corrected chi connectivity index (χ3v) is 5.06. The molecule has 1 aliphatic rings. The second-order valence-corrected chi connectivity index (χ2v) is 7.44. The standard InChI is InChI=1S/C23H26N2O7/c26-13-19-21(29)22(30)20(28)18(32-19)12-17(27)11-8-14-6-9-16(10-7-14)25-23(31)24-15-4-2-1-3-5-15/h1-11,18-22,26,28-30H,12-13H2,(H2,24,25,31)/b11-8+/t18-,19+,20-,21+,22+/m0/s1. The van der Waals surface area contributed by atoms with Crippen molar-refractivity contribution >= 4 is 29.3 Å². The van der Waals surface area contributed by atoms with Gasteiger partial charge >= 0.3 is 6.03 Å². The Balaban J connectivity index is 1.51. The fourth-order valence-corrected chi connectivity index (χ4v) is 3.30. The molecule has 32 heavy (non-hydrogen) atoms. The number of aliphatic hydroxyl groups is 4. The summed E-state index contributed by atoms with van der Waals surface area (Å²) in [6, 6.07) is 15.5. The highest BCUT2D eigenvalue weighted by Gasteiger charge is 2.43. The normalized spacial score (nSPS) is 25.4. The zero-order valence-electron chi connectivity index (χ0n) is 17.2. The van der Waals surface area contributed by atoms with Crippen LogP contribution in [0, 0.1) is 0 Å². The highest BCUT2D eigenvalue weighted by atomic mass is 16.5. The van der Waals surface area contributed by atoms with E-state index in [0.717, 1.165) is 0 Å². The van der Waals surface area contributed by atoms with Crippen LogP contribution in [0.4, 0.5) is 16.2 Å². The molecule has 2 aromatic carbocycles. The summed E-state index contributed by atoms with van der Waals surface area (Å²) >= 11 is 0. The summed E-state index contributed by atoms with van der Waals surface area (Å²) in [6.07, 6.45) is -3.85. The number of urea groups is 1. The van der Waals surface area contributed by atoms with Gasteiger partial charge in [0.2, 0.25) is 0 Å². The van der Waals surface area contributed by atoms with Gasteiger partial charge in [0.05, 0.1) is 12.7 Å². The van der Waals surface area contributed by atoms with Crippen molar-refractivity contribution in [3.8, 4) is 0 Å². The lowest BCUT2D eigenvalue weighted by Gasteiger charge is -2.39. The fraction of sp³-hybridized carbons (Fsp3) is 0.304. The molecule has 1 saturated heterocycles. The minimum Gasteiger partial charge on any atom is -0.394 e. The summed E-state index contributed by atoms with van der Waals surface area (Å²) in [4.78, 5) is 24.3. The first kappa shape index (κ1) is 23.6. The number of anilines is 2. The van der Waals surface area contributed by atoms with E-state index in [9.17, 15) is 30.0 Å². The molecule has 0 radical (unpaired) electrons. The lowest BCUT2D eigenvalue weighted by molar-refractivity contribution is -0.229. The van der Waals surface area contributed by atoms with Gasteiger partial charge in [-0.05, 0) is 35.9 Å². The lowest BCUT2D eigenvalue weighted by Crippen LogP contribution is -2.58. The van der Waals surface area contributed by atoms with E-state index in [2.05, 4.69) is 10.6 Å². The Labute approximate surface area is 185 Å². The Morgan fingerprint density at radius 2 is 1.44 bits per heavy atom. The molecule has 1 aliphatic heterocycles. The number of benzene rings is 2. The zero-order chi connectivity index (χ0) is 23.1. The molecule has 2 amide bonds. The van der Waals surface area contributed by atoms with Gasteiger partial charge in [0, 0.05) is 17.8 Å². The van der Waals surface area contributed by atoms with E-state index >= 15 is 0 Å². The third kappa shape index (κ3) is 6.22. The Kier molecular flexibility index (Phi) is 8.09. The van der Waals surface area contributed by atoms with Crippen LogP contribution >= 0.6 is 0 Å². The number of para-hydroxylation sites is 1. The Bertz CT molecular complexity index is 931. The summed E-state index contributed by atoms with van der Waals surface area (Å²) in [5.74, 6) is -0.362. The Hall–Kier alpha value is -3.08. The van der Waals surface area contributed by atoms with Gasteiger partial charge in [-0.25, -0.2) is 4.79 Å². The first-order valence-electron chi connectivity index (χ1n) is 10.1. The van der Waals surface area contributed by atoms with Crippen LogP contribution in [0.5, 0.6) is 0 Å². The van der Waals surface area contributed by atoms with E-state index in [0.29, 0.717) is 16.9 Å². The van der Waals surface area contributed by atoms with Crippen molar-refractivity contribution in [3.63, 3.8) is 0 Å². The number of hydrogen-bond acceptors (Lipinski definition) is 7. The lowest BCUT2D eigenvalue weighted by atomic mass is 9.92. The minimum atomic E-state index is -1.51. The first-order chi connectivity index (χ1) is 15.4. The average molecular weight is 442 g/mol. The van der Waals surface area contributed by atoms with Gasteiger partial charge in [0.15, 0.2) is 5.78 Å². The fourth-order valence-electron chi connectivity index (χ4n) is 3.30. The number of carbonyl (C=O) groups excluding carboxylic acids is 2. The summed E-state index contributed by atoms with van der Waals surface area (Å²) in [5, 5.41) is 44.2. The highest BCUT2D eigenvalue weighted by Crippen LogP contribution is 2.23. The molecule has 2 aromatic rings. The molecule has 1 heterocycles. The molecule has 6 N–H and O–H groups in total. The number of carbonyl (C=O) groups is 2. The van der Waals surface area contributed by atoms with Gasteiger partial charge < -0.3 is 35.8 Å². The summed E-state index contributed by atoms with van der Waals surface area (Å²) < 4.78 is 5.34. The maximum absolute atomic E-state index is 12.2. The Morgan fingerprint density at radius 3 is 2.06 bits per heavy atom. The molecule has 9 heteroatoms. The van der Waals surface area contributed by atoms with Crippen molar-refractivity contribution in [1.29, 1.82) is 0 Å². The number of ketones is 1. The molecular formula is C23H26N2O7. The predicted octanol–water partition coefficient (Wildman–Crippen LogP) is 1.15. The van der Waals surface area contributed by atoms with Gasteiger partial charge in [0.1, 0.15) is 24.4 Å². The van der Waals surface area contributed by atoms with E-state index in [1.165, 1.54) is 6.08 Å². The molecule has 170 valence electrons. The minimum absolute atomic E-state index is 0.225. The maximum atomic E-state index is 12.2. The molecule has 0 spiro atoms. The number of ether oxygens (including phenoxy) is 1. The third-order valence-electron chi connectivity index (χ3n) is 5.06. The molecule has 0 aliphatic carbocycles. The number of hydrogen-bond donors (Lipinski definition) is 6. The Morgan fingerprint density at radius 1 is 0.844 bits per heavy atom. The van der Waals surface area contributed by atoms with Gasteiger partial charge in [-0.15, -0.1) is 0 Å².